The molecule has 6 heteroatoms. The standard InChI is InChI=1S/C21H29N5O/c1-22-20(23-16-21(9-6-10-21)18-7-4-3-5-8-18)26-11-12-27-19(15-26)17-13-24-25(2)14-17/h3-5,7-8,13-14,19H,6,9-12,15-16H2,1-2H3,(H,22,23). The van der Waals surface area contributed by atoms with E-state index < -0.39 is 0 Å². The SMILES string of the molecule is CN=C(NCC1(c2ccccc2)CCC1)N1CCOC(c2cnn(C)c2)C1. The van der Waals surface area contributed by atoms with Crippen LogP contribution in [0, 0.1) is 0 Å². The van der Waals surface area contributed by atoms with Gasteiger partial charge in [-0.1, -0.05) is 36.8 Å². The maximum atomic E-state index is 5.97. The van der Waals surface area contributed by atoms with Crippen molar-refractivity contribution in [1.29, 1.82) is 0 Å². The molecule has 1 unspecified atom stereocenters. The third-order valence-electron chi connectivity index (χ3n) is 5.96. The molecule has 6 nitrogen and oxygen atoms in total. The number of guanidine groups is 1. The van der Waals surface area contributed by atoms with Crippen molar-refractivity contribution in [3.05, 3.63) is 53.9 Å². The summed E-state index contributed by atoms with van der Waals surface area (Å²) in [5, 5.41) is 7.93. The summed E-state index contributed by atoms with van der Waals surface area (Å²) >= 11 is 0. The minimum absolute atomic E-state index is 0.0396. The number of hydrogen-bond donors (Lipinski definition) is 1. The van der Waals surface area contributed by atoms with Crippen LogP contribution in [0.3, 0.4) is 0 Å². The van der Waals surface area contributed by atoms with Gasteiger partial charge < -0.3 is 15.0 Å². The van der Waals surface area contributed by atoms with E-state index in [0.29, 0.717) is 6.61 Å². The maximum absolute atomic E-state index is 5.97. The fourth-order valence-corrected chi connectivity index (χ4v) is 4.19. The zero-order valence-electron chi connectivity index (χ0n) is 16.3. The van der Waals surface area contributed by atoms with Gasteiger partial charge in [-0.15, -0.1) is 0 Å². The molecule has 1 aromatic carbocycles. The van der Waals surface area contributed by atoms with Crippen LogP contribution in [-0.4, -0.2) is 53.9 Å². The number of ether oxygens (including phenoxy) is 1. The summed E-state index contributed by atoms with van der Waals surface area (Å²) in [5.74, 6) is 0.967. The number of benzene rings is 1. The molecule has 2 heterocycles. The number of aliphatic imine (C=N–C) groups is 1. The van der Waals surface area contributed by atoms with Crippen molar-refractivity contribution >= 4 is 5.96 Å². The van der Waals surface area contributed by atoms with Crippen molar-refractivity contribution in [2.24, 2.45) is 12.0 Å². The molecular weight excluding hydrogens is 338 g/mol. The number of rotatable bonds is 4. The Hall–Kier alpha value is -2.34. The first-order valence-corrected chi connectivity index (χ1v) is 9.81. The lowest BCUT2D eigenvalue weighted by Gasteiger charge is -2.44. The van der Waals surface area contributed by atoms with Gasteiger partial charge in [-0.3, -0.25) is 9.67 Å². The lowest BCUT2D eigenvalue weighted by atomic mass is 9.64. The van der Waals surface area contributed by atoms with Gasteiger partial charge in [-0.25, -0.2) is 0 Å². The van der Waals surface area contributed by atoms with E-state index in [1.165, 1.54) is 24.8 Å². The van der Waals surface area contributed by atoms with Crippen molar-refractivity contribution in [3.63, 3.8) is 0 Å². The van der Waals surface area contributed by atoms with Crippen LogP contribution in [-0.2, 0) is 17.2 Å². The topological polar surface area (TPSA) is 54.7 Å². The van der Waals surface area contributed by atoms with Crippen LogP contribution in [0.25, 0.3) is 0 Å². The van der Waals surface area contributed by atoms with Crippen molar-refractivity contribution in [1.82, 2.24) is 20.0 Å². The van der Waals surface area contributed by atoms with E-state index in [1.807, 2.05) is 31.2 Å². The molecule has 1 aromatic heterocycles. The maximum Gasteiger partial charge on any atom is 0.193 e. The van der Waals surface area contributed by atoms with Gasteiger partial charge in [0.25, 0.3) is 0 Å². The van der Waals surface area contributed by atoms with Crippen molar-refractivity contribution in [2.75, 3.05) is 33.3 Å². The molecule has 1 aliphatic carbocycles. The van der Waals surface area contributed by atoms with E-state index in [4.69, 9.17) is 4.74 Å². The van der Waals surface area contributed by atoms with Gasteiger partial charge in [0.2, 0.25) is 0 Å². The Labute approximate surface area is 161 Å². The minimum atomic E-state index is 0.0396. The largest absolute Gasteiger partial charge is 0.370 e. The van der Waals surface area contributed by atoms with Crippen LogP contribution in [0.1, 0.15) is 36.5 Å². The Bertz CT molecular complexity index is 781. The van der Waals surface area contributed by atoms with Crippen LogP contribution in [0.15, 0.2) is 47.7 Å². The van der Waals surface area contributed by atoms with Gasteiger partial charge in [0, 0.05) is 44.4 Å². The number of aromatic nitrogens is 2. The molecule has 0 radical (unpaired) electrons. The minimum Gasteiger partial charge on any atom is -0.370 e. The lowest BCUT2D eigenvalue weighted by Crippen LogP contribution is -2.52. The van der Waals surface area contributed by atoms with E-state index in [1.54, 1.807) is 0 Å². The quantitative estimate of drug-likeness (QED) is 0.666. The van der Waals surface area contributed by atoms with Crippen molar-refractivity contribution < 1.29 is 4.74 Å². The van der Waals surface area contributed by atoms with E-state index in [-0.39, 0.29) is 11.5 Å². The lowest BCUT2D eigenvalue weighted by molar-refractivity contribution is -0.00820. The summed E-state index contributed by atoms with van der Waals surface area (Å²) in [6.45, 7) is 3.28. The highest BCUT2D eigenvalue weighted by molar-refractivity contribution is 5.80. The summed E-state index contributed by atoms with van der Waals surface area (Å²) in [7, 11) is 3.80. The third-order valence-corrected chi connectivity index (χ3v) is 5.96. The predicted molar refractivity (Wildman–Crippen MR) is 107 cm³/mol. The first-order valence-electron chi connectivity index (χ1n) is 9.81. The second-order valence-corrected chi connectivity index (χ2v) is 7.65. The smallest absolute Gasteiger partial charge is 0.193 e. The normalized spacial score (nSPS) is 22.4. The molecule has 1 N–H and O–H groups in total. The summed E-state index contributed by atoms with van der Waals surface area (Å²) in [5.41, 5.74) is 2.80. The average molecular weight is 367 g/mol. The summed E-state index contributed by atoms with van der Waals surface area (Å²) in [6, 6.07) is 10.9. The molecule has 2 fully saturated rings. The molecule has 0 amide bonds. The molecule has 1 atom stereocenters. The van der Waals surface area contributed by atoms with Gasteiger partial charge in [0.1, 0.15) is 6.10 Å². The molecule has 2 aromatic rings. The highest BCUT2D eigenvalue weighted by atomic mass is 16.5. The number of aryl methyl sites for hydroxylation is 1. The van der Waals surface area contributed by atoms with Gasteiger partial charge in [0.05, 0.1) is 19.3 Å². The Morgan fingerprint density at radius 3 is 2.78 bits per heavy atom. The summed E-state index contributed by atoms with van der Waals surface area (Å²) < 4.78 is 7.80. The van der Waals surface area contributed by atoms with Crippen LogP contribution in [0.2, 0.25) is 0 Å². The Morgan fingerprint density at radius 1 is 1.33 bits per heavy atom. The first kappa shape index (κ1) is 18.0. The summed E-state index contributed by atoms with van der Waals surface area (Å²) in [6.07, 6.45) is 7.74. The molecular formula is C21H29N5O. The van der Waals surface area contributed by atoms with Crippen LogP contribution in [0.5, 0.6) is 0 Å². The molecule has 27 heavy (non-hydrogen) atoms. The first-order chi connectivity index (χ1) is 13.2. The second-order valence-electron chi connectivity index (χ2n) is 7.65. The molecule has 4 rings (SSSR count). The van der Waals surface area contributed by atoms with Gasteiger partial charge in [-0.2, -0.15) is 5.10 Å². The Kier molecular flexibility index (Phi) is 5.16. The average Bonchev–Trinajstić information content (AvgIpc) is 3.11. The number of nitrogens with zero attached hydrogens (tertiary/aromatic N) is 4. The number of morpholine rings is 1. The third kappa shape index (κ3) is 3.72. The zero-order chi connectivity index (χ0) is 18.7. The zero-order valence-corrected chi connectivity index (χ0v) is 16.3. The van der Waals surface area contributed by atoms with Gasteiger partial charge in [0.15, 0.2) is 5.96 Å². The van der Waals surface area contributed by atoms with Crippen molar-refractivity contribution in [2.45, 2.75) is 30.8 Å². The Morgan fingerprint density at radius 2 is 2.15 bits per heavy atom. The fourth-order valence-electron chi connectivity index (χ4n) is 4.19. The fraction of sp³-hybridized carbons (Fsp3) is 0.524. The number of hydrogen-bond acceptors (Lipinski definition) is 3. The van der Waals surface area contributed by atoms with E-state index in [9.17, 15) is 0 Å². The number of nitrogens with one attached hydrogen (secondary N) is 1. The van der Waals surface area contributed by atoms with Gasteiger partial charge in [-0.05, 0) is 18.4 Å². The van der Waals surface area contributed by atoms with Gasteiger partial charge >= 0.3 is 0 Å². The molecule has 1 saturated carbocycles. The second kappa shape index (κ2) is 7.72. The molecule has 2 aliphatic rings. The van der Waals surface area contributed by atoms with Crippen LogP contribution in [0.4, 0.5) is 0 Å². The summed E-state index contributed by atoms with van der Waals surface area (Å²) in [4.78, 5) is 6.86. The van der Waals surface area contributed by atoms with E-state index in [0.717, 1.165) is 31.2 Å². The Balaban J connectivity index is 1.42. The molecule has 144 valence electrons. The van der Waals surface area contributed by atoms with Crippen LogP contribution >= 0.6 is 0 Å². The molecule has 0 bridgehead atoms. The predicted octanol–water partition coefficient (Wildman–Crippen LogP) is 2.49. The highest BCUT2D eigenvalue weighted by Crippen LogP contribution is 2.43. The van der Waals surface area contributed by atoms with Crippen LogP contribution < -0.4 is 5.32 Å². The molecule has 0 spiro atoms. The monoisotopic (exact) mass is 367 g/mol. The van der Waals surface area contributed by atoms with E-state index >= 15 is 0 Å². The molecule has 1 saturated heterocycles. The highest BCUT2D eigenvalue weighted by Gasteiger charge is 2.39. The molecule has 1 aliphatic heterocycles. The van der Waals surface area contributed by atoms with Crippen molar-refractivity contribution in [3.8, 4) is 0 Å². The van der Waals surface area contributed by atoms with E-state index in [2.05, 4.69) is 50.6 Å².